The summed E-state index contributed by atoms with van der Waals surface area (Å²) >= 11 is 0. The van der Waals surface area contributed by atoms with Crippen molar-refractivity contribution in [1.29, 1.82) is 31.6 Å². The zero-order valence-corrected chi connectivity index (χ0v) is 20.7. The predicted octanol–water partition coefficient (Wildman–Crippen LogP) is 2.21. The molecular weight excluding hydrogens is 595 g/mol. The molecule has 38 heavy (non-hydrogen) atoms. The third-order valence-corrected chi connectivity index (χ3v) is 2.18. The van der Waals surface area contributed by atoms with E-state index in [2.05, 4.69) is 30.6 Å². The first-order valence-electron chi connectivity index (χ1n) is 8.46. The molecule has 2 aromatic rings. The molecule has 2 N–H and O–H groups in total. The van der Waals surface area contributed by atoms with Gasteiger partial charge in [-0.2, -0.15) is 10.5 Å². The van der Waals surface area contributed by atoms with Gasteiger partial charge >= 0.3 is 34.1 Å². The van der Waals surface area contributed by atoms with Crippen molar-refractivity contribution in [3.8, 4) is 37.2 Å². The van der Waals surface area contributed by atoms with Crippen molar-refractivity contribution in [1.82, 2.24) is 9.97 Å². The Morgan fingerprint density at radius 1 is 0.658 bits per heavy atom. The Kier molecular flexibility index (Phi) is 59.1. The average molecular weight is 610 g/mol. The van der Waals surface area contributed by atoms with Crippen molar-refractivity contribution in [3.05, 3.63) is 81.6 Å². The van der Waals surface area contributed by atoms with Crippen molar-refractivity contribution >= 4 is 12.0 Å². The van der Waals surface area contributed by atoms with Crippen molar-refractivity contribution in [2.45, 2.75) is 13.2 Å². The zero-order valence-electron chi connectivity index (χ0n) is 18.8. The van der Waals surface area contributed by atoms with Crippen molar-refractivity contribution in [2.24, 2.45) is 9.98 Å². The van der Waals surface area contributed by atoms with Crippen LogP contribution in [0, 0.1) is 68.7 Å². The summed E-state index contributed by atoms with van der Waals surface area (Å²) in [6.45, 7) is 0.0572. The molecule has 0 aliphatic heterocycles. The first kappa shape index (κ1) is 46.0. The molecule has 0 aliphatic carbocycles. The summed E-state index contributed by atoms with van der Waals surface area (Å²) in [5, 5.41) is 81.5. The summed E-state index contributed by atoms with van der Waals surface area (Å²) in [5.41, 5.74) is 1.43. The van der Waals surface area contributed by atoms with Crippen LogP contribution >= 0.6 is 0 Å². The fourth-order valence-electron chi connectivity index (χ4n) is 1.07. The summed E-state index contributed by atoms with van der Waals surface area (Å²) < 4.78 is 0. The first-order valence-corrected chi connectivity index (χ1v) is 8.46. The van der Waals surface area contributed by atoms with Gasteiger partial charge in [0.05, 0.1) is 37.0 Å². The third-order valence-electron chi connectivity index (χ3n) is 2.18. The fourth-order valence-corrected chi connectivity index (χ4v) is 1.07. The Bertz CT molecular complexity index is 1030. The first-order chi connectivity index (χ1) is 17.5. The van der Waals surface area contributed by atoms with E-state index in [1.807, 2.05) is 24.3 Å². The minimum atomic E-state index is 0. The molecule has 0 unspecified atom stereocenters. The molecule has 2 rings (SSSR count). The number of aliphatic hydroxyl groups is 2. The maximum atomic E-state index is 8.48. The van der Waals surface area contributed by atoms with Crippen LogP contribution in [0.1, 0.15) is 11.4 Å². The summed E-state index contributed by atoms with van der Waals surface area (Å²) in [6, 6.07) is 13.4. The third kappa shape index (κ3) is 52.5. The predicted molar refractivity (Wildman–Crippen MR) is 122 cm³/mol. The number of nitriles is 6. The van der Waals surface area contributed by atoms with E-state index >= 15 is 0 Å². The summed E-state index contributed by atoms with van der Waals surface area (Å²) in [4.78, 5) is 12.9. The van der Waals surface area contributed by atoms with Gasteiger partial charge in [0.15, 0.2) is 0 Å². The topological polar surface area (TPSA) is 306 Å². The van der Waals surface area contributed by atoms with Crippen molar-refractivity contribution in [3.63, 3.8) is 0 Å². The number of hydrogen-bond acceptors (Lipinski definition) is 12. The summed E-state index contributed by atoms with van der Waals surface area (Å²) in [7, 11) is 0. The van der Waals surface area contributed by atoms with Crippen LogP contribution < -0.4 is 0 Å². The second-order valence-electron chi connectivity index (χ2n) is 4.21. The van der Waals surface area contributed by atoms with Gasteiger partial charge in [-0.05, 0) is 24.3 Å². The minimum Gasteiger partial charge on any atom is -0.422 e. The molecule has 0 spiro atoms. The average Bonchev–Trinajstić information content (AvgIpc) is 2.93. The van der Waals surface area contributed by atoms with E-state index in [0.717, 1.165) is 0 Å². The SMILES string of the molecule is N#CN=C=[N-].N#CN=C=[N-].N#C[N-]C#N.N#C[N-]C#N.OCc1ccccn1.OCc1ccccn1.[Cu+2].[Cu+2]. The maximum Gasteiger partial charge on any atom is 2.00 e. The van der Waals surface area contributed by atoms with Crippen LogP contribution in [0.5, 0.6) is 0 Å². The smallest absolute Gasteiger partial charge is 0.422 e. The van der Waals surface area contributed by atoms with Gasteiger partial charge in [0, 0.05) is 37.2 Å². The van der Waals surface area contributed by atoms with Gasteiger partial charge in [-0.3, -0.25) is 20.6 Å². The van der Waals surface area contributed by atoms with Crippen LogP contribution in [-0.2, 0) is 47.4 Å². The van der Waals surface area contributed by atoms with Crippen LogP contribution in [0.4, 0.5) is 0 Å². The molecule has 18 heteroatoms. The minimum absolute atomic E-state index is 0. The Balaban J connectivity index is -0.0000000815. The van der Waals surface area contributed by atoms with Gasteiger partial charge in [0.1, 0.15) is 0 Å². The molecule has 0 aliphatic rings. The molecule has 0 bridgehead atoms. The number of aromatic nitrogens is 2. The molecule has 0 fully saturated rings. The number of pyridine rings is 2. The van der Waals surface area contributed by atoms with Crippen LogP contribution in [0.25, 0.3) is 21.5 Å². The van der Waals surface area contributed by atoms with E-state index in [1.54, 1.807) is 24.5 Å². The molecule has 16 nitrogen and oxygen atoms in total. The Labute approximate surface area is 239 Å². The zero-order chi connectivity index (χ0) is 28.1. The molecule has 0 atom stereocenters. The second kappa shape index (κ2) is 48.9. The van der Waals surface area contributed by atoms with E-state index < -0.39 is 0 Å². The summed E-state index contributed by atoms with van der Waals surface area (Å²) in [5.74, 6) is 0. The largest absolute Gasteiger partial charge is 2.00 e. The molecule has 0 saturated heterocycles. The van der Waals surface area contributed by atoms with Gasteiger partial charge < -0.3 is 52.1 Å². The Morgan fingerprint density at radius 2 is 0.974 bits per heavy atom. The number of aliphatic imine (C=N–C) groups is 2. The number of rotatable bonds is 2. The van der Waals surface area contributed by atoms with Crippen LogP contribution in [0.2, 0.25) is 0 Å². The van der Waals surface area contributed by atoms with E-state index in [-0.39, 0.29) is 47.4 Å². The quantitative estimate of drug-likeness (QED) is 0.284. The van der Waals surface area contributed by atoms with Crippen molar-refractivity contribution in [2.75, 3.05) is 0 Å². The maximum absolute atomic E-state index is 8.48. The standard InChI is InChI=1S/2C6H7NO.4C2N3.2Cu/c2*8-5-6-3-1-2-4-7-6;4*3-1-5-2-4;;/h2*1-4,8H,5H2;;;;;;/q;;4*-1;2*+2. The molecule has 2 heterocycles. The normalized spacial score (nSPS) is 5.79. The molecule has 2 aromatic heterocycles. The number of aliphatic hydroxyl groups excluding tert-OH is 2. The van der Waals surface area contributed by atoms with Crippen LogP contribution in [0.15, 0.2) is 58.8 Å². The van der Waals surface area contributed by atoms with Gasteiger partial charge in [-0.1, -0.05) is 12.1 Å². The van der Waals surface area contributed by atoms with Crippen LogP contribution in [-0.4, -0.2) is 32.2 Å². The van der Waals surface area contributed by atoms with Gasteiger partial charge in [-0.15, -0.1) is 12.0 Å². The molecule has 198 valence electrons. The molecule has 2 radical (unpaired) electrons. The van der Waals surface area contributed by atoms with E-state index in [4.69, 9.17) is 52.6 Å². The Hall–Kier alpha value is -5.44. The van der Waals surface area contributed by atoms with E-state index in [0.29, 0.717) is 11.4 Å². The van der Waals surface area contributed by atoms with Gasteiger partial charge in [-0.25, -0.2) is 0 Å². The van der Waals surface area contributed by atoms with Crippen LogP contribution in [0.3, 0.4) is 0 Å². The monoisotopic (exact) mass is 608 g/mol. The number of nitrogens with zero attached hydrogens (tertiary/aromatic N) is 14. The second-order valence-corrected chi connectivity index (χ2v) is 4.21. The van der Waals surface area contributed by atoms with Crippen molar-refractivity contribution < 1.29 is 44.4 Å². The fraction of sp³-hybridized carbons (Fsp3) is 0.100. The molecule has 0 aromatic carbocycles. The van der Waals surface area contributed by atoms with Gasteiger partial charge in [0.2, 0.25) is 0 Å². The molecular formula is C20H14Cu2N14O2. The molecule has 0 amide bonds. The van der Waals surface area contributed by atoms with Gasteiger partial charge in [0.25, 0.3) is 0 Å². The van der Waals surface area contributed by atoms with E-state index in [9.17, 15) is 0 Å². The number of hydrogen-bond donors (Lipinski definition) is 2. The molecule has 0 saturated carbocycles. The summed E-state index contributed by atoms with van der Waals surface area (Å²) in [6.07, 6.45) is 11.0. The Morgan fingerprint density at radius 3 is 1.05 bits per heavy atom. The van der Waals surface area contributed by atoms with E-state index in [1.165, 1.54) is 49.2 Å².